The van der Waals surface area contributed by atoms with E-state index in [2.05, 4.69) is 25.5 Å². The van der Waals surface area contributed by atoms with E-state index in [0.717, 1.165) is 40.0 Å². The Kier molecular flexibility index (Phi) is 6.99. The number of carbonyl (C=O) groups is 1. The fraction of sp³-hybridized carbons (Fsp3) is 0.375. The van der Waals surface area contributed by atoms with E-state index in [-0.39, 0.29) is 17.8 Å². The summed E-state index contributed by atoms with van der Waals surface area (Å²) < 4.78 is 13.8. The second kappa shape index (κ2) is 10.1. The van der Waals surface area contributed by atoms with Gasteiger partial charge in [0.1, 0.15) is 11.6 Å². The number of β-amino-alcohol motifs (C(OH)–C–C–N with tert-alkyl or cyclic N) is 1. The second-order valence-corrected chi connectivity index (χ2v) is 10.1. The Morgan fingerprint density at radius 2 is 2.21 bits per heavy atom. The van der Waals surface area contributed by atoms with Crippen LogP contribution in [-0.2, 0) is 17.8 Å². The van der Waals surface area contributed by atoms with Crippen molar-refractivity contribution in [3.63, 3.8) is 0 Å². The molecular weight excluding hydrogens is 477 g/mol. The normalized spacial score (nSPS) is 20.9. The predicted octanol–water partition coefficient (Wildman–Crippen LogP) is 3.23. The highest BCUT2D eigenvalue weighted by Crippen LogP contribution is 2.30. The number of thioether (sulfide) groups is 1. The molecule has 2 atom stereocenters. The van der Waals surface area contributed by atoms with E-state index in [1.165, 1.54) is 23.9 Å². The second-order valence-electron chi connectivity index (χ2n) is 8.63. The lowest BCUT2D eigenvalue weighted by atomic mass is 10.0. The molecule has 4 heterocycles. The molecule has 34 heavy (non-hydrogen) atoms. The number of fused-ring (bicyclic) bond motifs is 2. The van der Waals surface area contributed by atoms with Crippen molar-refractivity contribution in [2.75, 3.05) is 30.7 Å². The van der Waals surface area contributed by atoms with Gasteiger partial charge in [0.25, 0.3) is 0 Å². The van der Waals surface area contributed by atoms with Crippen LogP contribution in [0.25, 0.3) is 10.9 Å². The van der Waals surface area contributed by atoms with Crippen molar-refractivity contribution < 1.29 is 14.3 Å². The lowest BCUT2D eigenvalue weighted by Crippen LogP contribution is -2.52. The van der Waals surface area contributed by atoms with Gasteiger partial charge in [0.2, 0.25) is 5.91 Å². The maximum Gasteiger partial charge on any atom is 0.235 e. The first kappa shape index (κ1) is 23.4. The van der Waals surface area contributed by atoms with Gasteiger partial charge in [-0.15, -0.1) is 11.8 Å². The third-order valence-corrected chi connectivity index (χ3v) is 7.68. The summed E-state index contributed by atoms with van der Waals surface area (Å²) in [6.45, 7) is 2.59. The summed E-state index contributed by atoms with van der Waals surface area (Å²) in [7, 11) is 0. The maximum absolute atomic E-state index is 13.8. The number of hydrogen-bond donors (Lipinski definition) is 3. The number of aliphatic hydroxyl groups is 1. The topological polar surface area (TPSA) is 90.4 Å². The lowest BCUT2D eigenvalue weighted by Gasteiger charge is -2.36. The largest absolute Gasteiger partial charge is 0.390 e. The van der Waals surface area contributed by atoms with Crippen molar-refractivity contribution in [1.82, 2.24) is 20.2 Å². The maximum atomic E-state index is 13.8. The van der Waals surface area contributed by atoms with Gasteiger partial charge in [-0.2, -0.15) is 0 Å². The van der Waals surface area contributed by atoms with Crippen LogP contribution >= 0.6 is 23.4 Å². The number of pyridine rings is 2. The first-order valence-corrected chi connectivity index (χ1v) is 12.6. The highest BCUT2D eigenvalue weighted by molar-refractivity contribution is 8.00. The molecule has 178 valence electrons. The minimum Gasteiger partial charge on any atom is -0.390 e. The molecule has 0 spiro atoms. The molecule has 0 saturated carbocycles. The van der Waals surface area contributed by atoms with Gasteiger partial charge in [0.05, 0.1) is 33.0 Å². The van der Waals surface area contributed by atoms with Crippen molar-refractivity contribution in [1.29, 1.82) is 0 Å². The number of amides is 1. The molecule has 1 fully saturated rings. The number of rotatable bonds is 6. The number of aromatic nitrogens is 2. The van der Waals surface area contributed by atoms with Gasteiger partial charge in [-0.25, -0.2) is 9.37 Å². The number of likely N-dealkylation sites (tertiary alicyclic amines) is 1. The zero-order valence-electron chi connectivity index (χ0n) is 18.4. The van der Waals surface area contributed by atoms with Crippen LogP contribution in [-0.4, -0.2) is 63.4 Å². The van der Waals surface area contributed by atoms with Crippen LogP contribution in [0.4, 0.5) is 10.2 Å². The number of hydrogen-bond acceptors (Lipinski definition) is 7. The van der Waals surface area contributed by atoms with Gasteiger partial charge < -0.3 is 20.6 Å². The Hall–Kier alpha value is -2.30. The molecule has 0 aliphatic carbocycles. The third-order valence-electron chi connectivity index (χ3n) is 6.31. The lowest BCUT2D eigenvalue weighted by molar-refractivity contribution is -0.113. The predicted molar refractivity (Wildman–Crippen MR) is 132 cm³/mol. The summed E-state index contributed by atoms with van der Waals surface area (Å²) in [6.07, 6.45) is 2.53. The van der Waals surface area contributed by atoms with Gasteiger partial charge >= 0.3 is 0 Å². The Morgan fingerprint density at radius 1 is 1.32 bits per heavy atom. The fourth-order valence-electron chi connectivity index (χ4n) is 4.50. The molecule has 0 unspecified atom stereocenters. The molecule has 1 amide bonds. The Balaban J connectivity index is 1.16. The molecule has 1 aromatic carbocycles. The number of halogens is 2. The molecule has 5 rings (SSSR count). The van der Waals surface area contributed by atoms with Crippen molar-refractivity contribution in [2.24, 2.45) is 0 Å². The van der Waals surface area contributed by atoms with Crippen LogP contribution in [0.3, 0.4) is 0 Å². The minimum absolute atomic E-state index is 0.0379. The van der Waals surface area contributed by atoms with Crippen LogP contribution in [0, 0.1) is 5.82 Å². The molecule has 10 heteroatoms. The van der Waals surface area contributed by atoms with E-state index >= 15 is 0 Å². The van der Waals surface area contributed by atoms with Crippen molar-refractivity contribution in [2.45, 2.75) is 36.4 Å². The van der Waals surface area contributed by atoms with Crippen molar-refractivity contribution >= 4 is 46.0 Å². The van der Waals surface area contributed by atoms with E-state index in [9.17, 15) is 14.3 Å². The van der Waals surface area contributed by atoms with Crippen LogP contribution in [0.15, 0.2) is 41.4 Å². The molecule has 3 aromatic rings. The number of aliphatic hydroxyl groups excluding tert-OH is 1. The number of nitrogens with zero attached hydrogens (tertiary/aromatic N) is 3. The third kappa shape index (κ3) is 5.18. The number of nitrogens with one attached hydrogen (secondary N) is 2. The number of carbonyl (C=O) groups excluding carboxylic acids is 1. The molecule has 2 aliphatic rings. The van der Waals surface area contributed by atoms with Gasteiger partial charge in [-0.3, -0.25) is 9.78 Å². The zero-order valence-corrected chi connectivity index (χ0v) is 20.0. The minimum atomic E-state index is -0.524. The molecule has 2 aliphatic heterocycles. The Morgan fingerprint density at radius 3 is 3.06 bits per heavy atom. The molecule has 3 N–H and O–H groups in total. The van der Waals surface area contributed by atoms with Crippen LogP contribution in [0.2, 0.25) is 5.02 Å². The summed E-state index contributed by atoms with van der Waals surface area (Å²) >= 11 is 7.87. The number of benzene rings is 1. The first-order chi connectivity index (χ1) is 16.5. The summed E-state index contributed by atoms with van der Waals surface area (Å²) in [5, 5.41) is 18.2. The van der Waals surface area contributed by atoms with Crippen LogP contribution in [0.5, 0.6) is 0 Å². The van der Waals surface area contributed by atoms with Gasteiger partial charge in [0.15, 0.2) is 0 Å². The standard InChI is InChI=1S/C24H25ClFN5O2S/c25-18-11-28-19-3-1-14(26)9-17(19)16(18)5-7-31-8-6-20(21(32)12-31)27-10-15-2-4-22-24(29-15)30-23(33)13-34-22/h1-4,9,11,20-21,27,32H,5-8,10,12-13H2,(H,29,30,33)/t20-,21+/m1/s1. The van der Waals surface area contributed by atoms with Crippen molar-refractivity contribution in [3.05, 3.63) is 58.6 Å². The summed E-state index contributed by atoms with van der Waals surface area (Å²) in [5.74, 6) is 0.675. The van der Waals surface area contributed by atoms with E-state index in [0.29, 0.717) is 42.6 Å². The summed E-state index contributed by atoms with van der Waals surface area (Å²) in [5.41, 5.74) is 2.42. The smallest absolute Gasteiger partial charge is 0.235 e. The molecule has 7 nitrogen and oxygen atoms in total. The SMILES string of the molecule is O=C1CSc2ccc(CN[C@@H]3CCN(CCc4c(Cl)cnc5ccc(F)cc45)C[C@@H]3O)nc2N1. The monoisotopic (exact) mass is 501 g/mol. The highest BCUT2D eigenvalue weighted by atomic mass is 35.5. The molecule has 2 aromatic heterocycles. The molecule has 0 radical (unpaired) electrons. The molecule has 1 saturated heterocycles. The average molecular weight is 502 g/mol. The van der Waals surface area contributed by atoms with Crippen LogP contribution < -0.4 is 10.6 Å². The van der Waals surface area contributed by atoms with E-state index in [1.54, 1.807) is 12.3 Å². The quantitative estimate of drug-likeness (QED) is 0.477. The van der Waals surface area contributed by atoms with E-state index < -0.39 is 6.10 Å². The molecular formula is C24H25ClFN5O2S. The van der Waals surface area contributed by atoms with Gasteiger partial charge in [-0.05, 0) is 55.3 Å². The number of anilines is 1. The Bertz CT molecular complexity index is 1220. The fourth-order valence-corrected chi connectivity index (χ4v) is 5.50. The van der Waals surface area contributed by atoms with E-state index in [1.807, 2.05) is 12.1 Å². The highest BCUT2D eigenvalue weighted by Gasteiger charge is 2.27. The van der Waals surface area contributed by atoms with Gasteiger partial charge in [-0.1, -0.05) is 11.6 Å². The first-order valence-electron chi connectivity index (χ1n) is 11.3. The Labute approximate surface area is 206 Å². The van der Waals surface area contributed by atoms with Crippen LogP contribution in [0.1, 0.15) is 17.7 Å². The number of piperidine rings is 1. The summed E-state index contributed by atoms with van der Waals surface area (Å²) in [4.78, 5) is 23.6. The summed E-state index contributed by atoms with van der Waals surface area (Å²) in [6, 6.07) is 8.42. The van der Waals surface area contributed by atoms with Gasteiger partial charge in [0, 0.05) is 37.3 Å². The average Bonchev–Trinajstić information content (AvgIpc) is 2.82. The zero-order chi connectivity index (χ0) is 23.7. The van der Waals surface area contributed by atoms with Crippen molar-refractivity contribution in [3.8, 4) is 0 Å². The van der Waals surface area contributed by atoms with E-state index in [4.69, 9.17) is 11.6 Å². The molecule has 0 bridgehead atoms.